The molecule has 1 N–H and O–H groups in total. The number of hydrogen-bond donors (Lipinski definition) is 1. The molecule has 2 fully saturated rings. The van der Waals surface area contributed by atoms with Crippen molar-refractivity contribution in [3.63, 3.8) is 0 Å². The summed E-state index contributed by atoms with van der Waals surface area (Å²) in [7, 11) is 0. The van der Waals surface area contributed by atoms with Crippen LogP contribution in [0.1, 0.15) is 67.2 Å². The summed E-state index contributed by atoms with van der Waals surface area (Å²) in [5.41, 5.74) is 0.370. The van der Waals surface area contributed by atoms with E-state index in [4.69, 9.17) is 0 Å². The summed E-state index contributed by atoms with van der Waals surface area (Å²) in [5, 5.41) is 10.6. The monoisotopic (exact) mass is 281 g/mol. The number of likely N-dealkylation sites (tertiary alicyclic amines) is 1. The van der Waals surface area contributed by atoms with E-state index in [1.54, 1.807) is 0 Å². The maximum absolute atomic E-state index is 10.6. The molecule has 2 nitrogen and oxygen atoms in total. The summed E-state index contributed by atoms with van der Waals surface area (Å²) in [5.74, 6) is 2.26. The van der Waals surface area contributed by atoms with E-state index in [0.29, 0.717) is 17.5 Å². The molecule has 0 aromatic rings. The second-order valence-electron chi connectivity index (χ2n) is 8.77. The van der Waals surface area contributed by atoms with Crippen LogP contribution in [0.5, 0.6) is 0 Å². The lowest BCUT2D eigenvalue weighted by Gasteiger charge is -2.50. The highest BCUT2D eigenvalue weighted by atomic mass is 16.3. The Morgan fingerprint density at radius 2 is 1.65 bits per heavy atom. The zero-order valence-electron chi connectivity index (χ0n) is 14.4. The molecule has 0 bridgehead atoms. The fraction of sp³-hybridized carbons (Fsp3) is 1.00. The molecular formula is C18H35NO. The van der Waals surface area contributed by atoms with Crippen molar-refractivity contribution < 1.29 is 5.11 Å². The third-order valence-electron chi connectivity index (χ3n) is 6.08. The molecule has 0 spiro atoms. The van der Waals surface area contributed by atoms with Gasteiger partial charge in [0.1, 0.15) is 0 Å². The van der Waals surface area contributed by atoms with E-state index >= 15 is 0 Å². The topological polar surface area (TPSA) is 23.5 Å². The van der Waals surface area contributed by atoms with Crippen LogP contribution in [0.3, 0.4) is 0 Å². The molecule has 20 heavy (non-hydrogen) atoms. The lowest BCUT2D eigenvalue weighted by Crippen LogP contribution is -2.57. The first kappa shape index (κ1) is 16.3. The molecule has 2 heteroatoms. The number of rotatable bonds is 1. The van der Waals surface area contributed by atoms with Gasteiger partial charge < -0.3 is 5.11 Å². The quantitative estimate of drug-likeness (QED) is 0.787. The van der Waals surface area contributed by atoms with Gasteiger partial charge in [0.2, 0.25) is 0 Å². The molecule has 0 aromatic heterocycles. The van der Waals surface area contributed by atoms with Crippen molar-refractivity contribution in [2.75, 3.05) is 6.54 Å². The maximum atomic E-state index is 10.6. The molecule has 1 saturated carbocycles. The van der Waals surface area contributed by atoms with Crippen LogP contribution in [0.2, 0.25) is 0 Å². The van der Waals surface area contributed by atoms with Crippen molar-refractivity contribution in [3.05, 3.63) is 0 Å². The minimum Gasteiger partial charge on any atom is -0.391 e. The highest BCUT2D eigenvalue weighted by Gasteiger charge is 2.41. The van der Waals surface area contributed by atoms with E-state index in [9.17, 15) is 5.11 Å². The van der Waals surface area contributed by atoms with E-state index in [1.165, 1.54) is 25.8 Å². The second-order valence-corrected chi connectivity index (χ2v) is 8.77. The molecule has 2 rings (SSSR count). The largest absolute Gasteiger partial charge is 0.391 e. The molecule has 1 saturated heterocycles. The minimum absolute atomic E-state index is 0.117. The van der Waals surface area contributed by atoms with E-state index in [-0.39, 0.29) is 6.10 Å². The van der Waals surface area contributed by atoms with Gasteiger partial charge in [0.05, 0.1) is 6.10 Å². The smallest absolute Gasteiger partial charge is 0.0695 e. The first-order chi connectivity index (χ1) is 9.20. The highest BCUT2D eigenvalue weighted by Crippen LogP contribution is 2.41. The average molecular weight is 281 g/mol. The molecular weight excluding hydrogens is 246 g/mol. The predicted octanol–water partition coefficient (Wildman–Crippen LogP) is 3.93. The summed E-state index contributed by atoms with van der Waals surface area (Å²) < 4.78 is 0. The predicted molar refractivity (Wildman–Crippen MR) is 85.7 cm³/mol. The van der Waals surface area contributed by atoms with E-state index < -0.39 is 0 Å². The Kier molecular flexibility index (Phi) is 4.86. The third-order valence-corrected chi connectivity index (χ3v) is 6.08. The van der Waals surface area contributed by atoms with Crippen LogP contribution >= 0.6 is 0 Å². The van der Waals surface area contributed by atoms with Crippen LogP contribution in [-0.2, 0) is 0 Å². The highest BCUT2D eigenvalue weighted by molar-refractivity contribution is 4.95. The molecule has 1 aliphatic heterocycles. The minimum atomic E-state index is -0.117. The van der Waals surface area contributed by atoms with Crippen LogP contribution in [-0.4, -0.2) is 34.7 Å². The Hall–Kier alpha value is -0.0800. The fourth-order valence-electron chi connectivity index (χ4n) is 4.47. The molecule has 0 amide bonds. The molecule has 0 aromatic carbocycles. The van der Waals surface area contributed by atoms with Gasteiger partial charge >= 0.3 is 0 Å². The number of piperidine rings is 1. The number of nitrogens with zero attached hydrogens (tertiary/aromatic N) is 1. The van der Waals surface area contributed by atoms with Crippen molar-refractivity contribution in [2.45, 2.75) is 85.4 Å². The molecule has 1 heterocycles. The van der Waals surface area contributed by atoms with Gasteiger partial charge in [-0.3, -0.25) is 4.90 Å². The zero-order valence-corrected chi connectivity index (χ0v) is 14.4. The van der Waals surface area contributed by atoms with Crippen LogP contribution in [0.15, 0.2) is 0 Å². The normalized spacial score (nSPS) is 44.5. The summed E-state index contributed by atoms with van der Waals surface area (Å²) in [6.45, 7) is 15.4. The average Bonchev–Trinajstić information content (AvgIpc) is 2.33. The third kappa shape index (κ3) is 3.39. The summed E-state index contributed by atoms with van der Waals surface area (Å²) >= 11 is 0. The molecule has 2 aliphatic rings. The molecule has 0 radical (unpaired) electrons. The van der Waals surface area contributed by atoms with Gasteiger partial charge in [0.25, 0.3) is 0 Å². The Morgan fingerprint density at radius 3 is 2.25 bits per heavy atom. The Labute approximate surface area is 125 Å². The first-order valence-corrected chi connectivity index (χ1v) is 8.64. The van der Waals surface area contributed by atoms with Gasteiger partial charge in [-0.2, -0.15) is 0 Å². The molecule has 1 aliphatic carbocycles. The van der Waals surface area contributed by atoms with Gasteiger partial charge in [-0.15, -0.1) is 0 Å². The summed E-state index contributed by atoms with van der Waals surface area (Å²) in [6.07, 6.45) is 4.57. The van der Waals surface area contributed by atoms with E-state index in [0.717, 1.165) is 24.2 Å². The van der Waals surface area contributed by atoms with Crippen LogP contribution in [0.4, 0.5) is 0 Å². The number of aliphatic hydroxyl groups excluding tert-OH is 1. The van der Waals surface area contributed by atoms with Gasteiger partial charge in [0, 0.05) is 18.6 Å². The molecule has 118 valence electrons. The molecule has 6 atom stereocenters. The zero-order chi connectivity index (χ0) is 15.1. The Morgan fingerprint density at radius 1 is 1.00 bits per heavy atom. The number of hydrogen-bond acceptors (Lipinski definition) is 2. The van der Waals surface area contributed by atoms with Gasteiger partial charge in [0.15, 0.2) is 0 Å². The van der Waals surface area contributed by atoms with Gasteiger partial charge in [-0.05, 0) is 55.8 Å². The fourth-order valence-corrected chi connectivity index (χ4v) is 4.47. The van der Waals surface area contributed by atoms with E-state index in [2.05, 4.69) is 46.4 Å². The standard InChI is InChI=1S/C18H35NO/c1-12-9-13(2)14(3)19(11-12)16-10-15(18(4,5)6)7-8-17(16)20/h12-17,20H,7-11H2,1-6H3. The summed E-state index contributed by atoms with van der Waals surface area (Å²) in [6, 6.07) is 0.998. The van der Waals surface area contributed by atoms with Gasteiger partial charge in [-0.25, -0.2) is 0 Å². The number of aliphatic hydroxyl groups is 1. The van der Waals surface area contributed by atoms with Crippen molar-refractivity contribution in [2.24, 2.45) is 23.2 Å². The second kappa shape index (κ2) is 5.96. The lowest BCUT2D eigenvalue weighted by atomic mass is 9.69. The van der Waals surface area contributed by atoms with Crippen LogP contribution < -0.4 is 0 Å². The SMILES string of the molecule is CC1CC(C)C(C)N(C2CC(C(C)(C)C)CCC2O)C1. The maximum Gasteiger partial charge on any atom is 0.0695 e. The van der Waals surface area contributed by atoms with Crippen LogP contribution in [0, 0.1) is 23.2 Å². The van der Waals surface area contributed by atoms with E-state index in [1.807, 2.05) is 0 Å². The van der Waals surface area contributed by atoms with Crippen molar-refractivity contribution in [3.8, 4) is 0 Å². The first-order valence-electron chi connectivity index (χ1n) is 8.64. The van der Waals surface area contributed by atoms with Crippen LogP contribution in [0.25, 0.3) is 0 Å². The summed E-state index contributed by atoms with van der Waals surface area (Å²) in [4.78, 5) is 2.64. The van der Waals surface area contributed by atoms with Gasteiger partial charge in [-0.1, -0.05) is 34.6 Å². The van der Waals surface area contributed by atoms with Crippen molar-refractivity contribution in [1.29, 1.82) is 0 Å². The lowest BCUT2D eigenvalue weighted by molar-refractivity contribution is -0.0601. The Bertz CT molecular complexity index is 322. The molecule has 6 unspecified atom stereocenters. The van der Waals surface area contributed by atoms with Crippen molar-refractivity contribution >= 4 is 0 Å². The van der Waals surface area contributed by atoms with Crippen molar-refractivity contribution in [1.82, 2.24) is 4.90 Å². The Balaban J connectivity index is 2.12.